The normalized spacial score (nSPS) is 12.8. The predicted octanol–water partition coefficient (Wildman–Crippen LogP) is 4.22. The number of benzene rings is 1. The van der Waals surface area contributed by atoms with E-state index in [-0.39, 0.29) is 6.10 Å². The minimum absolute atomic E-state index is 0.229. The van der Waals surface area contributed by atoms with Crippen molar-refractivity contribution < 1.29 is 4.74 Å². The molecular formula is C15H24BrNO. The van der Waals surface area contributed by atoms with Crippen molar-refractivity contribution in [2.75, 3.05) is 6.54 Å². The summed E-state index contributed by atoms with van der Waals surface area (Å²) in [6, 6.07) is 4.68. The Labute approximate surface area is 119 Å². The summed E-state index contributed by atoms with van der Waals surface area (Å²) in [7, 11) is 0. The van der Waals surface area contributed by atoms with Crippen molar-refractivity contribution in [1.82, 2.24) is 5.32 Å². The van der Waals surface area contributed by atoms with Gasteiger partial charge in [0.05, 0.1) is 0 Å². The molecule has 0 saturated heterocycles. The quantitative estimate of drug-likeness (QED) is 0.849. The van der Waals surface area contributed by atoms with Crippen molar-refractivity contribution >= 4 is 15.9 Å². The Balaban J connectivity index is 2.70. The third-order valence-electron chi connectivity index (χ3n) is 2.92. The molecule has 0 aliphatic rings. The van der Waals surface area contributed by atoms with Gasteiger partial charge in [-0.25, -0.2) is 0 Å². The lowest BCUT2D eigenvalue weighted by atomic mass is 10.1. The molecule has 0 aromatic heterocycles. The Hall–Kier alpha value is -0.540. The summed E-state index contributed by atoms with van der Waals surface area (Å²) in [5.74, 6) is 0.964. The Morgan fingerprint density at radius 1 is 1.22 bits per heavy atom. The highest BCUT2D eigenvalue weighted by atomic mass is 79.9. The molecule has 0 amide bonds. The van der Waals surface area contributed by atoms with Gasteiger partial charge in [-0.05, 0) is 43.5 Å². The first kappa shape index (κ1) is 15.5. The number of halogens is 1. The lowest BCUT2D eigenvalue weighted by molar-refractivity contribution is 0.190. The summed E-state index contributed by atoms with van der Waals surface area (Å²) in [5.41, 5.74) is 2.44. The lowest BCUT2D eigenvalue weighted by Gasteiger charge is -2.20. The van der Waals surface area contributed by atoms with Crippen molar-refractivity contribution in [3.05, 3.63) is 27.7 Å². The Kier molecular flexibility index (Phi) is 6.16. The fourth-order valence-electron chi connectivity index (χ4n) is 1.80. The zero-order valence-corrected chi connectivity index (χ0v) is 13.6. The van der Waals surface area contributed by atoms with Crippen LogP contribution in [0.3, 0.4) is 0 Å². The van der Waals surface area contributed by atoms with Gasteiger partial charge in [-0.1, -0.05) is 36.7 Å². The van der Waals surface area contributed by atoms with Crippen LogP contribution in [0.5, 0.6) is 5.75 Å². The molecule has 0 aliphatic heterocycles. The fraction of sp³-hybridized carbons (Fsp3) is 0.600. The highest BCUT2D eigenvalue weighted by molar-refractivity contribution is 9.10. The van der Waals surface area contributed by atoms with Crippen LogP contribution in [0.1, 0.15) is 38.3 Å². The summed E-state index contributed by atoms with van der Waals surface area (Å²) in [6.45, 7) is 11.5. The molecule has 1 aromatic rings. The van der Waals surface area contributed by atoms with Crippen molar-refractivity contribution in [3.63, 3.8) is 0 Å². The Morgan fingerprint density at radius 2 is 1.78 bits per heavy atom. The molecular weight excluding hydrogens is 290 g/mol. The number of rotatable bonds is 6. The average molecular weight is 314 g/mol. The molecule has 1 aromatic carbocycles. The summed E-state index contributed by atoms with van der Waals surface area (Å²) in [6.07, 6.45) is 1.24. The minimum Gasteiger partial charge on any atom is -0.489 e. The summed E-state index contributed by atoms with van der Waals surface area (Å²) >= 11 is 3.58. The molecule has 0 radical (unpaired) electrons. The van der Waals surface area contributed by atoms with Crippen molar-refractivity contribution in [1.29, 1.82) is 0 Å². The average Bonchev–Trinajstić information content (AvgIpc) is 2.31. The Bertz CT molecular complexity index is 367. The standard InChI is InChI=1S/C15H24BrNO/c1-6-13(9-17-10(2)3)18-14-7-11(4)15(16)12(5)8-14/h7-8,10,13,17H,6,9H2,1-5H3. The van der Waals surface area contributed by atoms with Crippen LogP contribution in [0.15, 0.2) is 16.6 Å². The van der Waals surface area contributed by atoms with E-state index in [0.717, 1.165) is 18.7 Å². The molecule has 1 unspecified atom stereocenters. The number of aryl methyl sites for hydroxylation is 2. The van der Waals surface area contributed by atoms with Gasteiger partial charge >= 0.3 is 0 Å². The van der Waals surface area contributed by atoms with Gasteiger partial charge in [0.25, 0.3) is 0 Å². The van der Waals surface area contributed by atoms with Crippen LogP contribution in [-0.4, -0.2) is 18.7 Å². The van der Waals surface area contributed by atoms with Gasteiger partial charge < -0.3 is 10.1 Å². The van der Waals surface area contributed by atoms with E-state index in [1.165, 1.54) is 15.6 Å². The van der Waals surface area contributed by atoms with Gasteiger partial charge in [0, 0.05) is 17.1 Å². The molecule has 1 rings (SSSR count). The number of ether oxygens (including phenoxy) is 1. The van der Waals surface area contributed by atoms with Crippen molar-refractivity contribution in [2.45, 2.75) is 53.2 Å². The molecule has 3 heteroatoms. The van der Waals surface area contributed by atoms with Gasteiger partial charge in [0.15, 0.2) is 0 Å². The van der Waals surface area contributed by atoms with Crippen LogP contribution in [-0.2, 0) is 0 Å². The van der Waals surface area contributed by atoms with E-state index >= 15 is 0 Å². The second-order valence-corrected chi connectivity index (χ2v) is 5.88. The lowest BCUT2D eigenvalue weighted by Crippen LogP contribution is -2.34. The van der Waals surface area contributed by atoms with Crippen LogP contribution in [0.25, 0.3) is 0 Å². The maximum Gasteiger partial charge on any atom is 0.120 e. The van der Waals surface area contributed by atoms with Crippen LogP contribution in [0.2, 0.25) is 0 Å². The zero-order chi connectivity index (χ0) is 13.7. The molecule has 0 bridgehead atoms. The molecule has 102 valence electrons. The molecule has 0 saturated carbocycles. The van der Waals surface area contributed by atoms with Gasteiger partial charge in [0.1, 0.15) is 11.9 Å². The number of nitrogens with one attached hydrogen (secondary N) is 1. The topological polar surface area (TPSA) is 21.3 Å². The highest BCUT2D eigenvalue weighted by Gasteiger charge is 2.10. The van der Waals surface area contributed by atoms with Gasteiger partial charge in [-0.2, -0.15) is 0 Å². The minimum atomic E-state index is 0.229. The first-order chi connectivity index (χ1) is 8.43. The van der Waals surface area contributed by atoms with Gasteiger partial charge in [-0.3, -0.25) is 0 Å². The third kappa shape index (κ3) is 4.62. The van der Waals surface area contributed by atoms with Crippen molar-refractivity contribution in [3.8, 4) is 5.75 Å². The number of hydrogen-bond donors (Lipinski definition) is 1. The van der Waals surface area contributed by atoms with E-state index in [2.05, 4.69) is 68.0 Å². The summed E-state index contributed by atoms with van der Waals surface area (Å²) in [4.78, 5) is 0. The fourth-order valence-corrected chi connectivity index (χ4v) is 2.03. The van der Waals surface area contributed by atoms with Crippen LogP contribution in [0.4, 0.5) is 0 Å². The maximum absolute atomic E-state index is 6.05. The van der Waals surface area contributed by atoms with E-state index < -0.39 is 0 Å². The third-order valence-corrected chi connectivity index (χ3v) is 4.17. The number of hydrogen-bond acceptors (Lipinski definition) is 2. The second-order valence-electron chi connectivity index (χ2n) is 5.08. The van der Waals surface area contributed by atoms with Crippen molar-refractivity contribution in [2.24, 2.45) is 0 Å². The van der Waals surface area contributed by atoms with Crippen LogP contribution in [0, 0.1) is 13.8 Å². The maximum atomic E-state index is 6.05. The zero-order valence-electron chi connectivity index (χ0n) is 12.0. The predicted molar refractivity (Wildman–Crippen MR) is 81.5 cm³/mol. The highest BCUT2D eigenvalue weighted by Crippen LogP contribution is 2.27. The van der Waals surface area contributed by atoms with E-state index in [9.17, 15) is 0 Å². The molecule has 0 fully saturated rings. The second kappa shape index (κ2) is 7.15. The van der Waals surface area contributed by atoms with E-state index in [0.29, 0.717) is 6.04 Å². The Morgan fingerprint density at radius 3 is 2.22 bits per heavy atom. The van der Waals surface area contributed by atoms with Crippen LogP contribution >= 0.6 is 15.9 Å². The van der Waals surface area contributed by atoms with Gasteiger partial charge in [-0.15, -0.1) is 0 Å². The molecule has 18 heavy (non-hydrogen) atoms. The van der Waals surface area contributed by atoms with Gasteiger partial charge in [0.2, 0.25) is 0 Å². The molecule has 0 heterocycles. The molecule has 1 N–H and O–H groups in total. The van der Waals surface area contributed by atoms with Crippen LogP contribution < -0.4 is 10.1 Å². The SMILES string of the molecule is CCC(CNC(C)C)Oc1cc(C)c(Br)c(C)c1. The molecule has 0 aliphatic carbocycles. The summed E-state index contributed by atoms with van der Waals surface area (Å²) < 4.78 is 7.22. The first-order valence-corrected chi connectivity index (χ1v) is 7.40. The molecule has 0 spiro atoms. The van der Waals surface area contributed by atoms with E-state index in [1.807, 2.05) is 0 Å². The van der Waals surface area contributed by atoms with E-state index in [4.69, 9.17) is 4.74 Å². The summed E-state index contributed by atoms with van der Waals surface area (Å²) in [5, 5.41) is 3.42. The molecule has 2 nitrogen and oxygen atoms in total. The van der Waals surface area contributed by atoms with E-state index in [1.54, 1.807) is 0 Å². The smallest absolute Gasteiger partial charge is 0.120 e. The molecule has 1 atom stereocenters. The largest absolute Gasteiger partial charge is 0.489 e. The first-order valence-electron chi connectivity index (χ1n) is 6.60. The monoisotopic (exact) mass is 313 g/mol.